The van der Waals surface area contributed by atoms with Gasteiger partial charge in [-0.2, -0.15) is 0 Å². The molecule has 2 nitrogen and oxygen atoms in total. The number of ether oxygens (including phenoxy) is 1. The maximum Gasteiger partial charge on any atom is 0.125 e. The summed E-state index contributed by atoms with van der Waals surface area (Å²) >= 11 is 6.12. The molecule has 0 radical (unpaired) electrons. The summed E-state index contributed by atoms with van der Waals surface area (Å²) in [5, 5.41) is 4.27. The monoisotopic (exact) mass is 253 g/mol. The summed E-state index contributed by atoms with van der Waals surface area (Å²) in [5.74, 6) is 1.76. The van der Waals surface area contributed by atoms with Gasteiger partial charge >= 0.3 is 0 Å². The van der Waals surface area contributed by atoms with Gasteiger partial charge in [-0.15, -0.1) is 0 Å². The lowest BCUT2D eigenvalue weighted by atomic mass is 10.1. The second-order valence-electron chi connectivity index (χ2n) is 5.00. The maximum atomic E-state index is 6.12. The molecule has 1 heterocycles. The molecule has 0 amide bonds. The number of hydrogen-bond acceptors (Lipinski definition) is 2. The second kappa shape index (κ2) is 5.74. The van der Waals surface area contributed by atoms with Gasteiger partial charge in [-0.05, 0) is 48.7 Å². The predicted molar refractivity (Wildman–Crippen MR) is 72.1 cm³/mol. The van der Waals surface area contributed by atoms with E-state index in [-0.39, 0.29) is 0 Å². The van der Waals surface area contributed by atoms with Crippen molar-refractivity contribution in [3.63, 3.8) is 0 Å². The number of fused-ring (bicyclic) bond motifs is 1. The summed E-state index contributed by atoms with van der Waals surface area (Å²) < 4.78 is 5.68. The van der Waals surface area contributed by atoms with Crippen LogP contribution >= 0.6 is 11.6 Å². The van der Waals surface area contributed by atoms with Crippen molar-refractivity contribution in [1.82, 2.24) is 5.32 Å². The third-order valence-electron chi connectivity index (χ3n) is 2.95. The van der Waals surface area contributed by atoms with Gasteiger partial charge in [0.15, 0.2) is 0 Å². The van der Waals surface area contributed by atoms with E-state index in [1.165, 1.54) is 11.1 Å². The number of rotatable bonds is 5. The second-order valence-corrected chi connectivity index (χ2v) is 5.44. The van der Waals surface area contributed by atoms with Crippen molar-refractivity contribution in [3.05, 3.63) is 28.3 Å². The molecular formula is C14H20ClNO. The summed E-state index contributed by atoms with van der Waals surface area (Å²) in [5.41, 5.74) is 2.50. The highest BCUT2D eigenvalue weighted by Crippen LogP contribution is 2.32. The molecule has 0 unspecified atom stereocenters. The minimum atomic E-state index is 0.691. The molecule has 1 N–H and O–H groups in total. The molecular weight excluding hydrogens is 234 g/mol. The highest BCUT2D eigenvalue weighted by atomic mass is 35.5. The van der Waals surface area contributed by atoms with E-state index in [2.05, 4.69) is 19.2 Å². The van der Waals surface area contributed by atoms with E-state index >= 15 is 0 Å². The standard InChI is InChI=1S/C14H20ClNO/c1-10(2)9-16-5-3-11-7-13(15)8-12-4-6-17-14(11)12/h7-8,10,16H,3-6,9H2,1-2H3. The smallest absolute Gasteiger partial charge is 0.125 e. The molecule has 0 saturated carbocycles. The van der Waals surface area contributed by atoms with Crippen LogP contribution in [0, 0.1) is 5.92 Å². The van der Waals surface area contributed by atoms with Crippen molar-refractivity contribution in [1.29, 1.82) is 0 Å². The molecule has 1 aromatic carbocycles. The first-order valence-electron chi connectivity index (χ1n) is 6.31. The van der Waals surface area contributed by atoms with E-state index in [0.29, 0.717) is 5.92 Å². The Bertz CT molecular complexity index is 390. The lowest BCUT2D eigenvalue weighted by Gasteiger charge is -2.10. The number of benzene rings is 1. The Kier molecular flexibility index (Phi) is 4.30. The number of nitrogens with one attached hydrogen (secondary N) is 1. The number of hydrogen-bond donors (Lipinski definition) is 1. The summed E-state index contributed by atoms with van der Waals surface area (Å²) in [6, 6.07) is 4.05. The van der Waals surface area contributed by atoms with Gasteiger partial charge in [0.1, 0.15) is 5.75 Å². The fraction of sp³-hybridized carbons (Fsp3) is 0.571. The summed E-state index contributed by atoms with van der Waals surface area (Å²) in [7, 11) is 0. The van der Waals surface area contributed by atoms with E-state index in [1.807, 2.05) is 12.1 Å². The molecule has 3 heteroatoms. The van der Waals surface area contributed by atoms with Crippen molar-refractivity contribution in [3.8, 4) is 5.75 Å². The average molecular weight is 254 g/mol. The van der Waals surface area contributed by atoms with Gasteiger partial charge in [-0.25, -0.2) is 0 Å². The molecule has 0 fully saturated rings. The lowest BCUT2D eigenvalue weighted by Crippen LogP contribution is -2.22. The highest BCUT2D eigenvalue weighted by Gasteiger charge is 2.17. The molecule has 1 aromatic rings. The molecule has 17 heavy (non-hydrogen) atoms. The van der Waals surface area contributed by atoms with Gasteiger partial charge in [-0.1, -0.05) is 25.4 Å². The van der Waals surface area contributed by atoms with Crippen LogP contribution in [0.2, 0.25) is 5.02 Å². The lowest BCUT2D eigenvalue weighted by molar-refractivity contribution is 0.353. The maximum absolute atomic E-state index is 6.12. The Morgan fingerprint density at radius 1 is 1.41 bits per heavy atom. The van der Waals surface area contributed by atoms with Crippen molar-refractivity contribution in [2.24, 2.45) is 5.92 Å². The van der Waals surface area contributed by atoms with Crippen molar-refractivity contribution in [2.45, 2.75) is 26.7 Å². The van der Waals surface area contributed by atoms with Crippen LogP contribution in [-0.2, 0) is 12.8 Å². The fourth-order valence-corrected chi connectivity index (χ4v) is 2.41. The van der Waals surface area contributed by atoms with E-state index in [1.54, 1.807) is 0 Å². The van der Waals surface area contributed by atoms with Crippen LogP contribution in [0.15, 0.2) is 12.1 Å². The van der Waals surface area contributed by atoms with E-state index in [9.17, 15) is 0 Å². The van der Waals surface area contributed by atoms with Crippen molar-refractivity contribution < 1.29 is 4.74 Å². The van der Waals surface area contributed by atoms with Gasteiger partial charge < -0.3 is 10.1 Å². The summed E-state index contributed by atoms with van der Waals surface area (Å²) in [6.45, 7) is 7.26. The quantitative estimate of drug-likeness (QED) is 0.815. The Balaban J connectivity index is 1.96. The first-order valence-corrected chi connectivity index (χ1v) is 6.69. The molecule has 0 atom stereocenters. The van der Waals surface area contributed by atoms with E-state index in [4.69, 9.17) is 16.3 Å². The van der Waals surface area contributed by atoms with Crippen LogP contribution in [0.5, 0.6) is 5.75 Å². The van der Waals surface area contributed by atoms with Gasteiger partial charge in [0.25, 0.3) is 0 Å². The molecule has 1 aliphatic heterocycles. The van der Waals surface area contributed by atoms with E-state index in [0.717, 1.165) is 43.3 Å². The Labute approximate surface area is 108 Å². The van der Waals surface area contributed by atoms with Gasteiger partial charge in [0.05, 0.1) is 6.61 Å². The van der Waals surface area contributed by atoms with Crippen LogP contribution in [-0.4, -0.2) is 19.7 Å². The molecule has 1 aliphatic rings. The molecule has 0 spiro atoms. The third kappa shape index (κ3) is 3.36. The molecule has 0 saturated heterocycles. The van der Waals surface area contributed by atoms with Gasteiger partial charge in [0.2, 0.25) is 0 Å². The minimum absolute atomic E-state index is 0.691. The summed E-state index contributed by atoms with van der Waals surface area (Å²) in [6.07, 6.45) is 1.97. The first kappa shape index (κ1) is 12.7. The zero-order chi connectivity index (χ0) is 12.3. The molecule has 0 aromatic heterocycles. The molecule has 94 valence electrons. The summed E-state index contributed by atoms with van der Waals surface area (Å²) in [4.78, 5) is 0. The topological polar surface area (TPSA) is 21.3 Å². The van der Waals surface area contributed by atoms with Gasteiger partial charge in [-0.3, -0.25) is 0 Å². The highest BCUT2D eigenvalue weighted by molar-refractivity contribution is 6.30. The molecule has 2 rings (SSSR count). The van der Waals surface area contributed by atoms with Crippen molar-refractivity contribution in [2.75, 3.05) is 19.7 Å². The minimum Gasteiger partial charge on any atom is -0.493 e. The van der Waals surface area contributed by atoms with Gasteiger partial charge in [0, 0.05) is 11.4 Å². The zero-order valence-corrected chi connectivity index (χ0v) is 11.3. The Morgan fingerprint density at radius 2 is 2.24 bits per heavy atom. The fourth-order valence-electron chi connectivity index (χ4n) is 2.15. The van der Waals surface area contributed by atoms with Crippen LogP contribution < -0.4 is 10.1 Å². The van der Waals surface area contributed by atoms with Crippen LogP contribution in [0.4, 0.5) is 0 Å². The Morgan fingerprint density at radius 3 is 3.00 bits per heavy atom. The normalized spacial score (nSPS) is 13.9. The molecule has 0 bridgehead atoms. The first-order chi connectivity index (χ1) is 8.16. The largest absolute Gasteiger partial charge is 0.493 e. The average Bonchev–Trinajstić information content (AvgIpc) is 2.71. The number of halogens is 1. The third-order valence-corrected chi connectivity index (χ3v) is 3.17. The van der Waals surface area contributed by atoms with Crippen molar-refractivity contribution >= 4 is 11.6 Å². The van der Waals surface area contributed by atoms with Crippen LogP contribution in [0.25, 0.3) is 0 Å². The SMILES string of the molecule is CC(C)CNCCc1cc(Cl)cc2c1OCC2. The zero-order valence-electron chi connectivity index (χ0n) is 10.6. The predicted octanol–water partition coefficient (Wildman–Crippen LogP) is 3.06. The van der Waals surface area contributed by atoms with E-state index < -0.39 is 0 Å². The van der Waals surface area contributed by atoms with Crippen LogP contribution in [0.1, 0.15) is 25.0 Å². The molecule has 0 aliphatic carbocycles. The Hall–Kier alpha value is -0.730. The van der Waals surface area contributed by atoms with Crippen LogP contribution in [0.3, 0.4) is 0 Å².